The summed E-state index contributed by atoms with van der Waals surface area (Å²) in [6.45, 7) is 1.52. The van der Waals surface area contributed by atoms with Crippen LogP contribution in [0.2, 0.25) is 0 Å². The molecule has 1 rings (SSSR count). The molecule has 0 heterocycles. The van der Waals surface area contributed by atoms with E-state index in [0.717, 1.165) is 0 Å². The first-order valence-electron chi connectivity index (χ1n) is 4.48. The van der Waals surface area contributed by atoms with Crippen LogP contribution in [-0.2, 0) is 10.0 Å². The molecule has 0 unspecified atom stereocenters. The minimum absolute atomic E-state index is 0.0272. The number of thioether (sulfide) groups is 1. The second-order valence-corrected chi connectivity index (χ2v) is 5.98. The predicted octanol–water partition coefficient (Wildman–Crippen LogP) is 2.76. The van der Waals surface area contributed by atoms with Crippen molar-refractivity contribution in [3.63, 3.8) is 0 Å². The lowest BCUT2D eigenvalue weighted by atomic mass is 10.3. The highest BCUT2D eigenvalue weighted by Gasteiger charge is 2.08. The minimum Gasteiger partial charge on any atom is -0.284 e. The lowest BCUT2D eigenvalue weighted by Crippen LogP contribution is -2.14. The summed E-state index contributed by atoms with van der Waals surface area (Å²) in [6, 6.07) is 5.81. The van der Waals surface area contributed by atoms with E-state index >= 15 is 0 Å². The first kappa shape index (κ1) is 13.2. The zero-order valence-corrected chi connectivity index (χ0v) is 10.1. The highest BCUT2D eigenvalue weighted by molar-refractivity contribution is 7.99. The van der Waals surface area contributed by atoms with Crippen molar-refractivity contribution in [2.45, 2.75) is 17.6 Å². The van der Waals surface area contributed by atoms with E-state index in [0.29, 0.717) is 22.3 Å². The van der Waals surface area contributed by atoms with Crippen LogP contribution in [0.4, 0.5) is 14.5 Å². The zero-order chi connectivity index (χ0) is 12.2. The molecule has 1 aromatic carbocycles. The van der Waals surface area contributed by atoms with E-state index in [9.17, 15) is 17.2 Å². The topological polar surface area (TPSA) is 46.2 Å². The fraction of sp³-hybridized carbons (Fsp3) is 0.333. The fourth-order valence-corrected chi connectivity index (χ4v) is 2.09. The molecule has 0 aliphatic carbocycles. The molecular formula is C9H11F2NO2S2. The second-order valence-electron chi connectivity index (χ2n) is 2.91. The summed E-state index contributed by atoms with van der Waals surface area (Å²) in [5.74, 6) is -2.50. The Kier molecular flexibility index (Phi) is 4.55. The van der Waals surface area contributed by atoms with Crippen molar-refractivity contribution in [1.29, 1.82) is 0 Å². The van der Waals surface area contributed by atoms with Gasteiger partial charge in [-0.1, -0.05) is 11.8 Å². The zero-order valence-electron chi connectivity index (χ0n) is 8.48. The Morgan fingerprint density at radius 1 is 1.31 bits per heavy atom. The maximum absolute atomic E-state index is 12.0. The summed E-state index contributed by atoms with van der Waals surface area (Å²) in [6.07, 6.45) is 0. The number of sulfonamides is 1. The average molecular weight is 267 g/mol. The number of alkyl halides is 2. The molecule has 0 aromatic heterocycles. The third-order valence-electron chi connectivity index (χ3n) is 1.73. The largest absolute Gasteiger partial charge is 0.288 e. The van der Waals surface area contributed by atoms with Crippen molar-refractivity contribution >= 4 is 27.5 Å². The molecule has 0 saturated carbocycles. The van der Waals surface area contributed by atoms with Gasteiger partial charge in [-0.05, 0) is 31.2 Å². The lowest BCUT2D eigenvalue weighted by Gasteiger charge is -2.06. The van der Waals surface area contributed by atoms with Crippen LogP contribution in [0.5, 0.6) is 0 Å². The van der Waals surface area contributed by atoms with Crippen LogP contribution in [0.1, 0.15) is 6.92 Å². The van der Waals surface area contributed by atoms with Gasteiger partial charge in [0.1, 0.15) is 0 Å². The van der Waals surface area contributed by atoms with Crippen molar-refractivity contribution in [3.8, 4) is 0 Å². The van der Waals surface area contributed by atoms with Crippen LogP contribution in [-0.4, -0.2) is 19.9 Å². The number of halogens is 2. The maximum Gasteiger partial charge on any atom is 0.288 e. The molecule has 0 fully saturated rings. The quantitative estimate of drug-likeness (QED) is 0.834. The third kappa shape index (κ3) is 4.36. The van der Waals surface area contributed by atoms with Gasteiger partial charge < -0.3 is 0 Å². The number of anilines is 1. The summed E-state index contributed by atoms with van der Waals surface area (Å²) in [4.78, 5) is 0.398. The van der Waals surface area contributed by atoms with Gasteiger partial charge in [-0.15, -0.1) is 0 Å². The molecule has 0 bridgehead atoms. The molecule has 0 aliphatic rings. The first-order valence-corrected chi connectivity index (χ1v) is 7.01. The Labute approximate surface area is 97.3 Å². The number of hydrogen-bond donors (Lipinski definition) is 1. The molecule has 1 aromatic rings. The molecule has 3 nitrogen and oxygen atoms in total. The van der Waals surface area contributed by atoms with E-state index in [-0.39, 0.29) is 5.75 Å². The molecule has 7 heteroatoms. The van der Waals surface area contributed by atoms with Crippen LogP contribution in [0.3, 0.4) is 0 Å². The van der Waals surface area contributed by atoms with E-state index in [2.05, 4.69) is 4.72 Å². The molecule has 0 radical (unpaired) electrons. The SMILES string of the molecule is CCS(=O)(=O)Nc1ccc(SC(F)F)cc1. The molecule has 16 heavy (non-hydrogen) atoms. The van der Waals surface area contributed by atoms with E-state index in [1.54, 1.807) is 0 Å². The van der Waals surface area contributed by atoms with Crippen LogP contribution in [0.15, 0.2) is 29.2 Å². The third-order valence-corrected chi connectivity index (χ3v) is 3.76. The minimum atomic E-state index is -3.31. The normalized spacial score (nSPS) is 11.8. The van der Waals surface area contributed by atoms with Crippen LogP contribution < -0.4 is 4.72 Å². The second kappa shape index (κ2) is 5.49. The van der Waals surface area contributed by atoms with Crippen molar-refractivity contribution in [1.82, 2.24) is 0 Å². The van der Waals surface area contributed by atoms with Gasteiger partial charge in [0.25, 0.3) is 5.76 Å². The van der Waals surface area contributed by atoms with Crippen LogP contribution in [0, 0.1) is 0 Å². The highest BCUT2D eigenvalue weighted by atomic mass is 32.2. The summed E-state index contributed by atoms with van der Waals surface area (Å²) in [5.41, 5.74) is 0.375. The van der Waals surface area contributed by atoms with Gasteiger partial charge in [0, 0.05) is 10.6 Å². The Morgan fingerprint density at radius 2 is 1.88 bits per heavy atom. The monoisotopic (exact) mass is 267 g/mol. The molecule has 0 saturated heterocycles. The van der Waals surface area contributed by atoms with Crippen LogP contribution in [0.25, 0.3) is 0 Å². The molecule has 0 atom stereocenters. The van der Waals surface area contributed by atoms with Crippen molar-refractivity contribution in [2.24, 2.45) is 0 Å². The fourth-order valence-electron chi connectivity index (χ4n) is 0.956. The maximum atomic E-state index is 12.0. The van der Waals surface area contributed by atoms with Crippen molar-refractivity contribution in [2.75, 3.05) is 10.5 Å². The van der Waals surface area contributed by atoms with Gasteiger partial charge in [0.15, 0.2) is 0 Å². The molecule has 1 N–H and O–H groups in total. The van der Waals surface area contributed by atoms with E-state index in [4.69, 9.17) is 0 Å². The van der Waals surface area contributed by atoms with Gasteiger partial charge in [-0.3, -0.25) is 4.72 Å². The molecule has 90 valence electrons. The number of benzene rings is 1. The number of hydrogen-bond acceptors (Lipinski definition) is 3. The van der Waals surface area contributed by atoms with Gasteiger partial charge in [0.05, 0.1) is 5.75 Å². The van der Waals surface area contributed by atoms with Gasteiger partial charge >= 0.3 is 0 Å². The average Bonchev–Trinajstić information content (AvgIpc) is 2.20. The van der Waals surface area contributed by atoms with E-state index in [1.807, 2.05) is 0 Å². The van der Waals surface area contributed by atoms with Gasteiger partial charge in [-0.25, -0.2) is 8.42 Å². The smallest absolute Gasteiger partial charge is 0.284 e. The molecule has 0 amide bonds. The van der Waals surface area contributed by atoms with Gasteiger partial charge in [0.2, 0.25) is 10.0 Å². The highest BCUT2D eigenvalue weighted by Crippen LogP contribution is 2.26. The molecule has 0 spiro atoms. The molecule has 0 aliphatic heterocycles. The molecular weight excluding hydrogens is 256 g/mol. The lowest BCUT2D eigenvalue weighted by molar-refractivity contribution is 0.252. The van der Waals surface area contributed by atoms with Crippen molar-refractivity contribution < 1.29 is 17.2 Å². The Bertz CT molecular complexity index is 431. The summed E-state index contributed by atoms with van der Waals surface area (Å²) in [5, 5.41) is 0. The summed E-state index contributed by atoms with van der Waals surface area (Å²) < 4.78 is 48.7. The Morgan fingerprint density at radius 3 is 2.31 bits per heavy atom. The standard InChI is InChI=1S/C9H11F2NO2S2/c1-2-16(13,14)12-7-3-5-8(6-4-7)15-9(10)11/h3-6,9,12H,2H2,1H3. The summed E-state index contributed by atoms with van der Waals surface area (Å²) >= 11 is 0.420. The van der Waals surface area contributed by atoms with Crippen LogP contribution >= 0.6 is 11.8 Å². The van der Waals surface area contributed by atoms with Gasteiger partial charge in [-0.2, -0.15) is 8.78 Å². The Hall–Kier alpha value is -0.820. The predicted molar refractivity (Wildman–Crippen MR) is 61.4 cm³/mol. The van der Waals surface area contributed by atoms with Crippen molar-refractivity contribution in [3.05, 3.63) is 24.3 Å². The number of rotatable bonds is 5. The first-order chi connectivity index (χ1) is 7.43. The summed E-state index contributed by atoms with van der Waals surface area (Å²) in [7, 11) is -3.31. The van der Waals surface area contributed by atoms with E-state index in [1.165, 1.54) is 31.2 Å². The number of nitrogens with one attached hydrogen (secondary N) is 1. The Balaban J connectivity index is 2.72. The van der Waals surface area contributed by atoms with E-state index < -0.39 is 15.8 Å².